The number of carbonyl (C=O) groups excluding carboxylic acids is 3. The van der Waals surface area contributed by atoms with Gasteiger partial charge in [0.25, 0.3) is 0 Å². The fourth-order valence-corrected chi connectivity index (χ4v) is 8.82. The van der Waals surface area contributed by atoms with Gasteiger partial charge in [-0.2, -0.15) is 0 Å². The van der Waals surface area contributed by atoms with Crippen molar-refractivity contribution in [2.75, 3.05) is 13.2 Å². The van der Waals surface area contributed by atoms with Crippen molar-refractivity contribution in [2.45, 2.75) is 334 Å². The molecule has 0 aliphatic carbocycles. The van der Waals surface area contributed by atoms with Gasteiger partial charge in [-0.25, -0.2) is 26.3 Å². The van der Waals surface area contributed by atoms with Crippen molar-refractivity contribution >= 4 is 17.9 Å². The number of alkyl halides is 6. The van der Waals surface area contributed by atoms with Gasteiger partial charge in [-0.05, 0) is 57.8 Å². The predicted octanol–water partition coefficient (Wildman–Crippen LogP) is 19.5. The first-order chi connectivity index (χ1) is 33.1. The Morgan fingerprint density at radius 1 is 0.304 bits per heavy atom. The summed E-state index contributed by atoms with van der Waals surface area (Å²) in [5, 5.41) is 0. The molecule has 0 amide bonds. The summed E-state index contributed by atoms with van der Waals surface area (Å²) in [7, 11) is 0. The van der Waals surface area contributed by atoms with E-state index in [1.165, 1.54) is 0 Å². The van der Waals surface area contributed by atoms with E-state index in [1.807, 2.05) is 0 Å². The summed E-state index contributed by atoms with van der Waals surface area (Å²) in [6.07, 6.45) is 30.2. The van der Waals surface area contributed by atoms with Crippen molar-refractivity contribution in [2.24, 2.45) is 0 Å². The third-order valence-electron chi connectivity index (χ3n) is 13.4. The Bertz CT molecular complexity index is 1130. The molecule has 0 aromatic rings. The molecule has 0 spiro atoms. The minimum Gasteiger partial charge on any atom is -0.462 e. The van der Waals surface area contributed by atoms with E-state index < -0.39 is 41.8 Å². The van der Waals surface area contributed by atoms with E-state index in [9.17, 15) is 40.7 Å². The molecule has 6 nitrogen and oxygen atoms in total. The largest absolute Gasteiger partial charge is 0.462 e. The number of hydrogen-bond donors (Lipinski definition) is 0. The van der Waals surface area contributed by atoms with Crippen LogP contribution in [0, 0.1) is 0 Å². The molecule has 0 fully saturated rings. The standard InChI is InChI=1S/C57H104F6O6/c1-4-7-10-34-43-55(58,59)46-37-28-22-16-13-19-25-31-40-52(64)67-49-51(69-54(66)42-33-27-21-15-18-24-30-39-48-57(62,63)45-36-12-9-6-3)50-68-53(65)41-32-26-20-14-17-23-29-38-47-56(60,61)44-35-11-8-5-2/h51H,4-50H2,1-3H3. The van der Waals surface area contributed by atoms with E-state index in [-0.39, 0.29) is 71.0 Å². The average molecular weight is 999 g/mol. The molecule has 0 rings (SSSR count). The summed E-state index contributed by atoms with van der Waals surface area (Å²) >= 11 is 0. The lowest BCUT2D eigenvalue weighted by atomic mass is 10.0. The van der Waals surface area contributed by atoms with Crippen LogP contribution in [-0.2, 0) is 28.6 Å². The molecule has 0 aliphatic heterocycles. The van der Waals surface area contributed by atoms with Gasteiger partial charge in [0, 0.05) is 57.8 Å². The third kappa shape index (κ3) is 48.1. The zero-order valence-electron chi connectivity index (χ0n) is 44.5. The Hall–Kier alpha value is -2.01. The maximum absolute atomic E-state index is 14.1. The molecule has 0 saturated carbocycles. The predicted molar refractivity (Wildman–Crippen MR) is 271 cm³/mol. The number of halogens is 6. The number of rotatable bonds is 53. The van der Waals surface area contributed by atoms with Gasteiger partial charge in [-0.1, -0.05) is 194 Å². The normalized spacial score (nSPS) is 12.3. The lowest BCUT2D eigenvalue weighted by molar-refractivity contribution is -0.167. The van der Waals surface area contributed by atoms with E-state index in [0.717, 1.165) is 173 Å². The van der Waals surface area contributed by atoms with Gasteiger partial charge in [0.05, 0.1) is 0 Å². The van der Waals surface area contributed by atoms with Gasteiger partial charge >= 0.3 is 17.9 Å². The molecule has 69 heavy (non-hydrogen) atoms. The van der Waals surface area contributed by atoms with Gasteiger partial charge in [-0.15, -0.1) is 0 Å². The highest BCUT2D eigenvalue weighted by atomic mass is 19.3. The Morgan fingerprint density at radius 3 is 0.754 bits per heavy atom. The molecule has 0 saturated heterocycles. The zero-order chi connectivity index (χ0) is 51.2. The van der Waals surface area contributed by atoms with E-state index in [2.05, 4.69) is 20.8 Å². The zero-order valence-corrected chi connectivity index (χ0v) is 44.5. The molecule has 0 aromatic carbocycles. The van der Waals surface area contributed by atoms with Crippen LogP contribution in [0.1, 0.15) is 310 Å². The lowest BCUT2D eigenvalue weighted by Crippen LogP contribution is -2.30. The number of unbranched alkanes of at least 4 members (excludes halogenated alkanes) is 30. The first kappa shape index (κ1) is 67.0. The minimum atomic E-state index is -2.56. The maximum Gasteiger partial charge on any atom is 0.306 e. The molecule has 0 atom stereocenters. The Balaban J connectivity index is 4.52. The van der Waals surface area contributed by atoms with Crippen LogP contribution in [0.15, 0.2) is 0 Å². The smallest absolute Gasteiger partial charge is 0.306 e. The third-order valence-corrected chi connectivity index (χ3v) is 13.4. The number of hydrogen-bond acceptors (Lipinski definition) is 6. The molecule has 0 radical (unpaired) electrons. The first-order valence-electron chi connectivity index (χ1n) is 28.8. The molecule has 0 heterocycles. The van der Waals surface area contributed by atoms with E-state index >= 15 is 0 Å². The summed E-state index contributed by atoms with van der Waals surface area (Å²) in [4.78, 5) is 38.0. The van der Waals surface area contributed by atoms with Crippen molar-refractivity contribution in [1.29, 1.82) is 0 Å². The van der Waals surface area contributed by atoms with Gasteiger partial charge < -0.3 is 14.2 Å². The van der Waals surface area contributed by atoms with Crippen LogP contribution in [0.25, 0.3) is 0 Å². The second kappa shape index (κ2) is 45.8. The highest BCUT2D eigenvalue weighted by Gasteiger charge is 2.29. The summed E-state index contributed by atoms with van der Waals surface area (Å²) in [6, 6.07) is 0. The quantitative estimate of drug-likeness (QED) is 0.0261. The van der Waals surface area contributed by atoms with Crippen molar-refractivity contribution < 1.29 is 54.9 Å². The Labute approximate surface area is 418 Å². The van der Waals surface area contributed by atoms with Crippen LogP contribution < -0.4 is 0 Å². The van der Waals surface area contributed by atoms with Gasteiger partial charge in [0.1, 0.15) is 13.2 Å². The van der Waals surface area contributed by atoms with Gasteiger partial charge in [-0.3, -0.25) is 14.4 Å². The van der Waals surface area contributed by atoms with Crippen molar-refractivity contribution in [1.82, 2.24) is 0 Å². The summed E-state index contributed by atoms with van der Waals surface area (Å²) in [5.74, 6) is -8.94. The van der Waals surface area contributed by atoms with Gasteiger partial charge in [0.2, 0.25) is 17.8 Å². The van der Waals surface area contributed by atoms with Crippen molar-refractivity contribution in [3.05, 3.63) is 0 Å². The molecule has 0 N–H and O–H groups in total. The van der Waals surface area contributed by atoms with Crippen LogP contribution >= 0.6 is 0 Å². The summed E-state index contributed by atoms with van der Waals surface area (Å²) < 4.78 is 101. The maximum atomic E-state index is 14.1. The topological polar surface area (TPSA) is 78.9 Å². The lowest BCUT2D eigenvalue weighted by Gasteiger charge is -2.18. The van der Waals surface area contributed by atoms with Crippen LogP contribution in [0.3, 0.4) is 0 Å². The van der Waals surface area contributed by atoms with Crippen LogP contribution in [-0.4, -0.2) is 55.0 Å². The van der Waals surface area contributed by atoms with Crippen molar-refractivity contribution in [3.8, 4) is 0 Å². The molecule has 410 valence electrons. The fraction of sp³-hybridized carbons (Fsp3) is 0.947. The van der Waals surface area contributed by atoms with Crippen LogP contribution in [0.4, 0.5) is 26.3 Å². The minimum absolute atomic E-state index is 0.00568. The molecule has 0 unspecified atom stereocenters. The summed E-state index contributed by atoms with van der Waals surface area (Å²) in [5.41, 5.74) is 0. The van der Waals surface area contributed by atoms with E-state index in [4.69, 9.17) is 14.2 Å². The first-order valence-corrected chi connectivity index (χ1v) is 28.8. The molecule has 0 aliphatic rings. The fourth-order valence-electron chi connectivity index (χ4n) is 8.82. The SMILES string of the molecule is CCCCCCC(F)(F)CCCCCCCCCCC(=O)OCC(COC(=O)CCCCCCCCCCC(F)(F)CCCCCC)OC(=O)CCCCCCCCCCC(F)(F)CCCCCC. The van der Waals surface area contributed by atoms with E-state index in [1.54, 1.807) is 0 Å². The number of carbonyl (C=O) groups is 3. The highest BCUT2D eigenvalue weighted by molar-refractivity contribution is 5.71. The number of ether oxygens (including phenoxy) is 3. The Kier molecular flexibility index (Phi) is 44.5. The molecule has 12 heteroatoms. The van der Waals surface area contributed by atoms with Crippen molar-refractivity contribution in [3.63, 3.8) is 0 Å². The van der Waals surface area contributed by atoms with Crippen LogP contribution in [0.5, 0.6) is 0 Å². The monoisotopic (exact) mass is 999 g/mol. The molecular formula is C57H104F6O6. The molecule has 0 bridgehead atoms. The Morgan fingerprint density at radius 2 is 0.507 bits per heavy atom. The second-order valence-electron chi connectivity index (χ2n) is 20.5. The van der Waals surface area contributed by atoms with Gasteiger partial charge in [0.15, 0.2) is 6.10 Å². The molecular weight excluding hydrogens is 895 g/mol. The average Bonchev–Trinajstić information content (AvgIpc) is 3.30. The molecule has 0 aromatic heterocycles. The van der Waals surface area contributed by atoms with Crippen LogP contribution in [0.2, 0.25) is 0 Å². The number of esters is 3. The summed E-state index contributed by atoms with van der Waals surface area (Å²) in [6.45, 7) is 5.80. The highest BCUT2D eigenvalue weighted by Crippen LogP contribution is 2.31. The second-order valence-corrected chi connectivity index (χ2v) is 20.5. The van der Waals surface area contributed by atoms with E-state index in [0.29, 0.717) is 57.8 Å².